The highest BCUT2D eigenvalue weighted by atomic mass is 16.4. The predicted molar refractivity (Wildman–Crippen MR) is 49.5 cm³/mol. The monoisotopic (exact) mass is 180 g/mol. The van der Waals surface area contributed by atoms with E-state index in [0.717, 1.165) is 18.5 Å². The summed E-state index contributed by atoms with van der Waals surface area (Å²) in [6.07, 6.45) is 5.89. The van der Waals surface area contributed by atoms with E-state index in [-0.39, 0.29) is 5.69 Å². The zero-order valence-electron chi connectivity index (χ0n) is 7.45. The molecule has 0 atom stereocenters. The minimum absolute atomic E-state index is 0.0520. The number of H-pyrrole nitrogens is 1. The molecule has 0 aliphatic rings. The average molecular weight is 180 g/mol. The third kappa shape index (κ3) is 2.74. The van der Waals surface area contributed by atoms with Gasteiger partial charge in [-0.15, -0.1) is 0 Å². The lowest BCUT2D eigenvalue weighted by molar-refractivity contribution is 0.0690. The highest BCUT2D eigenvalue weighted by Crippen LogP contribution is 2.02. The van der Waals surface area contributed by atoms with Crippen molar-refractivity contribution in [3.05, 3.63) is 23.5 Å². The Morgan fingerprint density at radius 1 is 1.77 bits per heavy atom. The van der Waals surface area contributed by atoms with Crippen LogP contribution in [0.4, 0.5) is 0 Å². The van der Waals surface area contributed by atoms with E-state index in [0.29, 0.717) is 0 Å². The van der Waals surface area contributed by atoms with Crippen LogP contribution in [0.25, 0.3) is 6.08 Å². The summed E-state index contributed by atoms with van der Waals surface area (Å²) in [5.74, 6) is -1.01. The molecule has 0 spiro atoms. The average Bonchev–Trinajstić information content (AvgIpc) is 2.53. The topological polar surface area (TPSA) is 66.0 Å². The van der Waals surface area contributed by atoms with Crippen LogP contribution in [0.2, 0.25) is 0 Å². The van der Waals surface area contributed by atoms with E-state index in [1.807, 2.05) is 12.2 Å². The fourth-order valence-electron chi connectivity index (χ4n) is 0.909. The number of rotatable bonds is 4. The number of unbranched alkanes of at least 4 members (excludes halogenated alkanes) is 1. The van der Waals surface area contributed by atoms with Crippen molar-refractivity contribution in [3.63, 3.8) is 0 Å². The third-order valence-corrected chi connectivity index (χ3v) is 1.57. The molecule has 0 saturated heterocycles. The summed E-state index contributed by atoms with van der Waals surface area (Å²) < 4.78 is 0. The molecule has 0 unspecified atom stereocenters. The minimum Gasteiger partial charge on any atom is -0.476 e. The molecule has 2 N–H and O–H groups in total. The Labute approximate surface area is 76.3 Å². The van der Waals surface area contributed by atoms with Gasteiger partial charge in [-0.25, -0.2) is 4.79 Å². The largest absolute Gasteiger partial charge is 0.476 e. The molecular formula is C9H12N2O2. The Bertz CT molecular complexity index is 315. The van der Waals surface area contributed by atoms with Crippen LogP contribution in [0, 0.1) is 0 Å². The van der Waals surface area contributed by atoms with Crippen molar-refractivity contribution in [2.24, 2.45) is 0 Å². The molecule has 1 aromatic rings. The molecule has 0 aliphatic heterocycles. The molecule has 0 bridgehead atoms. The van der Waals surface area contributed by atoms with E-state index in [2.05, 4.69) is 17.1 Å². The summed E-state index contributed by atoms with van der Waals surface area (Å²) in [5.41, 5.74) is 0.780. The number of allylic oxidation sites excluding steroid dienone is 1. The van der Waals surface area contributed by atoms with Gasteiger partial charge < -0.3 is 5.11 Å². The maximum atomic E-state index is 10.4. The van der Waals surface area contributed by atoms with Crippen LogP contribution in [-0.2, 0) is 0 Å². The molecule has 4 heteroatoms. The molecule has 0 radical (unpaired) electrons. The van der Waals surface area contributed by atoms with Gasteiger partial charge in [0.25, 0.3) is 0 Å². The van der Waals surface area contributed by atoms with Crippen molar-refractivity contribution >= 4 is 12.0 Å². The van der Waals surface area contributed by atoms with E-state index < -0.39 is 5.97 Å². The van der Waals surface area contributed by atoms with E-state index in [1.54, 1.807) is 0 Å². The number of hydrogen-bond donors (Lipinski definition) is 2. The van der Waals surface area contributed by atoms with E-state index in [4.69, 9.17) is 5.11 Å². The van der Waals surface area contributed by atoms with Gasteiger partial charge in [0.1, 0.15) is 0 Å². The second-order valence-corrected chi connectivity index (χ2v) is 2.70. The van der Waals surface area contributed by atoms with Crippen LogP contribution in [0.3, 0.4) is 0 Å². The van der Waals surface area contributed by atoms with Crippen LogP contribution in [0.1, 0.15) is 35.9 Å². The Kier molecular flexibility index (Phi) is 3.25. The number of aromatic carboxylic acids is 1. The van der Waals surface area contributed by atoms with E-state index in [1.165, 1.54) is 6.07 Å². The lowest BCUT2D eigenvalue weighted by Gasteiger charge is -1.83. The molecule has 70 valence electrons. The van der Waals surface area contributed by atoms with Crippen LogP contribution in [0.5, 0.6) is 0 Å². The highest BCUT2D eigenvalue weighted by molar-refractivity contribution is 5.85. The first kappa shape index (κ1) is 9.51. The quantitative estimate of drug-likeness (QED) is 0.743. The van der Waals surface area contributed by atoms with Crippen molar-refractivity contribution in [1.29, 1.82) is 0 Å². The van der Waals surface area contributed by atoms with Crippen LogP contribution in [0.15, 0.2) is 12.1 Å². The molecule has 0 fully saturated rings. The van der Waals surface area contributed by atoms with Crippen molar-refractivity contribution in [2.45, 2.75) is 19.8 Å². The van der Waals surface area contributed by atoms with Crippen LogP contribution < -0.4 is 0 Å². The minimum atomic E-state index is -1.01. The van der Waals surface area contributed by atoms with Crippen molar-refractivity contribution in [3.8, 4) is 0 Å². The molecule has 4 nitrogen and oxygen atoms in total. The smallest absolute Gasteiger partial charge is 0.356 e. The molecule has 0 aliphatic carbocycles. The Morgan fingerprint density at radius 3 is 3.08 bits per heavy atom. The number of carboxylic acid groups (broad SMARTS) is 1. The SMILES string of the molecule is CCC/C=C/c1cc(C(=O)O)n[nH]1. The number of aromatic nitrogens is 2. The second kappa shape index (κ2) is 4.45. The summed E-state index contributed by atoms with van der Waals surface area (Å²) in [6, 6.07) is 1.51. The van der Waals surface area contributed by atoms with Gasteiger partial charge in [-0.2, -0.15) is 5.10 Å². The zero-order valence-corrected chi connectivity index (χ0v) is 7.45. The van der Waals surface area contributed by atoms with Gasteiger partial charge in [0.05, 0.1) is 5.69 Å². The molecule has 1 heterocycles. The first-order valence-corrected chi connectivity index (χ1v) is 4.19. The summed E-state index contributed by atoms with van der Waals surface area (Å²) in [6.45, 7) is 2.08. The Hall–Kier alpha value is -1.58. The van der Waals surface area contributed by atoms with Gasteiger partial charge >= 0.3 is 5.97 Å². The number of aromatic amines is 1. The Balaban J connectivity index is 2.64. The molecule has 1 aromatic heterocycles. The summed E-state index contributed by atoms with van der Waals surface area (Å²) >= 11 is 0. The first-order valence-electron chi connectivity index (χ1n) is 4.19. The molecule has 1 rings (SSSR count). The number of carbonyl (C=O) groups is 1. The van der Waals surface area contributed by atoms with Crippen molar-refractivity contribution in [1.82, 2.24) is 10.2 Å². The summed E-state index contributed by atoms with van der Waals surface area (Å²) in [7, 11) is 0. The fourth-order valence-corrected chi connectivity index (χ4v) is 0.909. The van der Waals surface area contributed by atoms with Crippen molar-refractivity contribution in [2.75, 3.05) is 0 Å². The standard InChI is InChI=1S/C9H12N2O2/c1-2-3-4-5-7-6-8(9(12)13)11-10-7/h4-6H,2-3H2,1H3,(H,10,11)(H,12,13)/b5-4+. The van der Waals surface area contributed by atoms with Gasteiger partial charge in [0.2, 0.25) is 0 Å². The van der Waals surface area contributed by atoms with Gasteiger partial charge in [0.15, 0.2) is 5.69 Å². The maximum absolute atomic E-state index is 10.4. The fraction of sp³-hybridized carbons (Fsp3) is 0.333. The normalized spacial score (nSPS) is 10.8. The number of hydrogen-bond acceptors (Lipinski definition) is 2. The lowest BCUT2D eigenvalue weighted by atomic mass is 10.3. The van der Waals surface area contributed by atoms with Gasteiger partial charge in [0, 0.05) is 0 Å². The summed E-state index contributed by atoms with van der Waals surface area (Å²) in [4.78, 5) is 10.4. The number of carboxylic acids is 1. The van der Waals surface area contributed by atoms with Crippen LogP contribution >= 0.6 is 0 Å². The molecule has 0 saturated carbocycles. The molecule has 13 heavy (non-hydrogen) atoms. The second-order valence-electron chi connectivity index (χ2n) is 2.70. The van der Waals surface area contributed by atoms with E-state index >= 15 is 0 Å². The van der Waals surface area contributed by atoms with E-state index in [9.17, 15) is 4.79 Å². The molecular weight excluding hydrogens is 168 g/mol. The Morgan fingerprint density at radius 2 is 2.54 bits per heavy atom. The molecule has 0 amide bonds. The first-order chi connectivity index (χ1) is 6.24. The zero-order chi connectivity index (χ0) is 9.68. The van der Waals surface area contributed by atoms with Gasteiger partial charge in [-0.1, -0.05) is 19.4 Å². The third-order valence-electron chi connectivity index (χ3n) is 1.57. The maximum Gasteiger partial charge on any atom is 0.356 e. The van der Waals surface area contributed by atoms with Gasteiger partial charge in [-0.05, 0) is 18.6 Å². The molecule has 0 aromatic carbocycles. The predicted octanol–water partition coefficient (Wildman–Crippen LogP) is 1.92. The highest BCUT2D eigenvalue weighted by Gasteiger charge is 2.05. The van der Waals surface area contributed by atoms with Crippen molar-refractivity contribution < 1.29 is 9.90 Å². The lowest BCUT2D eigenvalue weighted by Crippen LogP contribution is -1.95. The van der Waals surface area contributed by atoms with Gasteiger partial charge in [-0.3, -0.25) is 5.10 Å². The number of nitrogens with one attached hydrogen (secondary N) is 1. The number of nitrogens with zero attached hydrogens (tertiary/aromatic N) is 1. The summed E-state index contributed by atoms with van der Waals surface area (Å²) in [5, 5.41) is 14.8. The van der Waals surface area contributed by atoms with Crippen LogP contribution in [-0.4, -0.2) is 21.3 Å².